The zero-order chi connectivity index (χ0) is 18.0. The first kappa shape index (κ1) is 16.7. The average molecular weight is 342 g/mol. The maximum Gasteiger partial charge on any atom is 0.222 e. The van der Waals surface area contributed by atoms with Gasteiger partial charge in [0.2, 0.25) is 5.95 Å². The summed E-state index contributed by atoms with van der Waals surface area (Å²) in [6, 6.07) is 1.91. The van der Waals surface area contributed by atoms with Gasteiger partial charge in [0.05, 0.1) is 24.0 Å². The molecule has 3 rings (SSSR count). The number of aryl methyl sites for hydroxylation is 1. The monoisotopic (exact) mass is 342 g/mol. The molecular weight excluding hydrogens is 323 g/mol. The minimum atomic E-state index is -0.484. The van der Waals surface area contributed by atoms with E-state index >= 15 is 0 Å². The molecule has 9 heteroatoms. The van der Waals surface area contributed by atoms with Crippen molar-refractivity contribution in [2.75, 3.05) is 11.1 Å². The van der Waals surface area contributed by atoms with E-state index in [1.54, 1.807) is 0 Å². The van der Waals surface area contributed by atoms with Gasteiger partial charge in [0.25, 0.3) is 0 Å². The van der Waals surface area contributed by atoms with E-state index in [2.05, 4.69) is 35.5 Å². The summed E-state index contributed by atoms with van der Waals surface area (Å²) in [6.07, 6.45) is 3.12. The number of hydrogen-bond acceptors (Lipinski definition) is 7. The summed E-state index contributed by atoms with van der Waals surface area (Å²) >= 11 is 0. The largest absolute Gasteiger partial charge is 0.368 e. The first-order valence-corrected chi connectivity index (χ1v) is 7.90. The summed E-state index contributed by atoms with van der Waals surface area (Å²) in [5.74, 6) is 1.05. The number of aromatic nitrogens is 6. The van der Waals surface area contributed by atoms with Crippen LogP contribution in [0.5, 0.6) is 0 Å². The van der Waals surface area contributed by atoms with Gasteiger partial charge in [-0.25, -0.2) is 19.3 Å². The zero-order valence-electron chi connectivity index (χ0n) is 14.2. The minimum absolute atomic E-state index is 0.128. The molecule has 0 unspecified atom stereocenters. The van der Waals surface area contributed by atoms with Gasteiger partial charge in [0, 0.05) is 17.3 Å². The fraction of sp³-hybridized carbons (Fsp3) is 0.312. The number of halogens is 1. The Hall–Kier alpha value is -3.10. The van der Waals surface area contributed by atoms with Crippen molar-refractivity contribution >= 4 is 17.6 Å². The van der Waals surface area contributed by atoms with Crippen LogP contribution in [0, 0.1) is 12.7 Å². The van der Waals surface area contributed by atoms with Crippen LogP contribution in [0.1, 0.15) is 42.5 Å². The van der Waals surface area contributed by atoms with Crippen molar-refractivity contribution < 1.29 is 4.39 Å². The average Bonchev–Trinajstić information content (AvgIpc) is 3.05. The molecule has 25 heavy (non-hydrogen) atoms. The molecule has 0 saturated heterocycles. The Morgan fingerprint density at radius 3 is 2.64 bits per heavy atom. The lowest BCUT2D eigenvalue weighted by atomic mass is 10.0. The van der Waals surface area contributed by atoms with Crippen LogP contribution in [-0.2, 0) is 6.42 Å². The molecule has 0 aliphatic rings. The molecular formula is C16H19FN8. The van der Waals surface area contributed by atoms with Crippen LogP contribution in [0.2, 0.25) is 0 Å². The molecule has 8 nitrogen and oxygen atoms in total. The summed E-state index contributed by atoms with van der Waals surface area (Å²) in [5, 5.41) is 10.3. The number of nitrogen functional groups attached to an aromatic ring is 1. The van der Waals surface area contributed by atoms with Gasteiger partial charge < -0.3 is 11.1 Å². The van der Waals surface area contributed by atoms with E-state index in [9.17, 15) is 4.39 Å². The van der Waals surface area contributed by atoms with Crippen LogP contribution in [-0.4, -0.2) is 30.1 Å². The summed E-state index contributed by atoms with van der Waals surface area (Å²) in [7, 11) is 0. The van der Waals surface area contributed by atoms with Crippen molar-refractivity contribution in [1.29, 1.82) is 0 Å². The topological polar surface area (TPSA) is 118 Å². The highest BCUT2D eigenvalue weighted by atomic mass is 19.1. The fourth-order valence-corrected chi connectivity index (χ4v) is 2.49. The maximum atomic E-state index is 13.0. The minimum Gasteiger partial charge on any atom is -0.368 e. The Morgan fingerprint density at radius 2 is 2.00 bits per heavy atom. The lowest BCUT2D eigenvalue weighted by molar-refractivity contribution is 0.604. The second kappa shape index (κ2) is 6.80. The molecule has 4 N–H and O–H groups in total. The lowest BCUT2D eigenvalue weighted by Crippen LogP contribution is -2.12. The second-order valence-electron chi connectivity index (χ2n) is 5.68. The molecule has 3 heterocycles. The third kappa shape index (κ3) is 3.54. The van der Waals surface area contributed by atoms with Gasteiger partial charge in [0.15, 0.2) is 11.6 Å². The number of nitrogens with zero attached hydrogens (tertiary/aromatic N) is 5. The fourth-order valence-electron chi connectivity index (χ4n) is 2.49. The standard InChI is InChI=1S/C16H19FN8/c1-4-11-5-12(25-24-11)21-15-9(3)13(22-16(18)23-15)8(2)14-19-6-10(17)7-20-14/h5-8H,4H2,1-3H3,(H4,18,21,22,23,24,25)/t8-/m0/s1. The van der Waals surface area contributed by atoms with E-state index in [-0.39, 0.29) is 11.9 Å². The maximum absolute atomic E-state index is 13.0. The van der Waals surface area contributed by atoms with Crippen LogP contribution in [0.25, 0.3) is 0 Å². The van der Waals surface area contributed by atoms with Gasteiger partial charge in [-0.2, -0.15) is 10.1 Å². The molecule has 0 saturated carbocycles. The number of nitrogens with one attached hydrogen (secondary N) is 2. The van der Waals surface area contributed by atoms with E-state index in [1.165, 1.54) is 0 Å². The molecule has 0 radical (unpaired) electrons. The van der Waals surface area contributed by atoms with Crippen molar-refractivity contribution in [3.63, 3.8) is 0 Å². The molecule has 0 bridgehead atoms. The van der Waals surface area contributed by atoms with Gasteiger partial charge in [-0.1, -0.05) is 6.92 Å². The van der Waals surface area contributed by atoms with E-state index in [4.69, 9.17) is 5.73 Å². The number of aromatic amines is 1. The Bertz CT molecular complexity index is 874. The van der Waals surface area contributed by atoms with Crippen molar-refractivity contribution in [2.45, 2.75) is 33.1 Å². The van der Waals surface area contributed by atoms with Crippen LogP contribution >= 0.6 is 0 Å². The molecule has 0 aromatic carbocycles. The molecule has 0 spiro atoms. The van der Waals surface area contributed by atoms with Crippen LogP contribution in [0.4, 0.5) is 22.0 Å². The molecule has 3 aromatic rings. The Balaban J connectivity index is 1.94. The van der Waals surface area contributed by atoms with E-state index < -0.39 is 5.82 Å². The first-order chi connectivity index (χ1) is 12.0. The van der Waals surface area contributed by atoms with Gasteiger partial charge in [-0.15, -0.1) is 0 Å². The normalized spacial score (nSPS) is 12.2. The van der Waals surface area contributed by atoms with Crippen LogP contribution in [0.3, 0.4) is 0 Å². The number of rotatable bonds is 5. The van der Waals surface area contributed by atoms with E-state index in [1.807, 2.05) is 26.8 Å². The van der Waals surface area contributed by atoms with Gasteiger partial charge in [-0.05, 0) is 20.3 Å². The smallest absolute Gasteiger partial charge is 0.222 e. The number of anilines is 3. The highest BCUT2D eigenvalue weighted by Crippen LogP contribution is 2.28. The zero-order valence-corrected chi connectivity index (χ0v) is 14.2. The highest BCUT2D eigenvalue weighted by Gasteiger charge is 2.20. The summed E-state index contributed by atoms with van der Waals surface area (Å²) in [4.78, 5) is 16.6. The van der Waals surface area contributed by atoms with Crippen molar-refractivity contribution in [3.05, 3.63) is 47.1 Å². The van der Waals surface area contributed by atoms with Crippen LogP contribution in [0.15, 0.2) is 18.5 Å². The number of hydrogen-bond donors (Lipinski definition) is 3. The predicted octanol–water partition coefficient (Wildman–Crippen LogP) is 2.48. The SMILES string of the molecule is CCc1cc(Nc2nc(N)nc([C@H](C)c3ncc(F)cn3)c2C)n[nH]1. The third-order valence-corrected chi connectivity index (χ3v) is 3.90. The van der Waals surface area contributed by atoms with Gasteiger partial charge >= 0.3 is 0 Å². The predicted molar refractivity (Wildman–Crippen MR) is 91.9 cm³/mol. The molecule has 1 atom stereocenters. The number of H-pyrrole nitrogens is 1. The van der Waals surface area contributed by atoms with E-state index in [0.29, 0.717) is 23.2 Å². The van der Waals surface area contributed by atoms with E-state index in [0.717, 1.165) is 30.1 Å². The summed E-state index contributed by atoms with van der Waals surface area (Å²) < 4.78 is 13.0. The Morgan fingerprint density at radius 1 is 1.28 bits per heavy atom. The molecule has 0 aliphatic carbocycles. The molecule has 0 aliphatic heterocycles. The quantitative estimate of drug-likeness (QED) is 0.652. The third-order valence-electron chi connectivity index (χ3n) is 3.90. The molecule has 3 aromatic heterocycles. The molecule has 130 valence electrons. The van der Waals surface area contributed by atoms with Crippen molar-refractivity contribution in [2.24, 2.45) is 0 Å². The second-order valence-corrected chi connectivity index (χ2v) is 5.68. The molecule has 0 fully saturated rings. The van der Waals surface area contributed by atoms with Crippen molar-refractivity contribution in [3.8, 4) is 0 Å². The van der Waals surface area contributed by atoms with Crippen molar-refractivity contribution in [1.82, 2.24) is 30.1 Å². The summed E-state index contributed by atoms with van der Waals surface area (Å²) in [5.41, 5.74) is 8.35. The van der Waals surface area contributed by atoms with Gasteiger partial charge in [0.1, 0.15) is 11.6 Å². The Labute approximate surface area is 144 Å². The lowest BCUT2D eigenvalue weighted by Gasteiger charge is -2.15. The summed E-state index contributed by atoms with van der Waals surface area (Å²) in [6.45, 7) is 5.80. The Kier molecular flexibility index (Phi) is 4.55. The highest BCUT2D eigenvalue weighted by molar-refractivity contribution is 5.59. The van der Waals surface area contributed by atoms with Gasteiger partial charge in [-0.3, -0.25) is 5.10 Å². The molecule has 0 amide bonds. The first-order valence-electron chi connectivity index (χ1n) is 7.90. The number of nitrogens with two attached hydrogens (primary N) is 1. The van der Waals surface area contributed by atoms with Crippen LogP contribution < -0.4 is 11.1 Å².